The molecule has 9 heteroatoms. The predicted octanol–water partition coefficient (Wildman–Crippen LogP) is 2.65. The van der Waals surface area contributed by atoms with E-state index in [9.17, 15) is 0 Å². The molecule has 0 bridgehead atoms. The predicted molar refractivity (Wildman–Crippen MR) is 103 cm³/mol. The van der Waals surface area contributed by atoms with E-state index in [1.54, 1.807) is 12.4 Å². The second-order valence-corrected chi connectivity index (χ2v) is 7.94. The van der Waals surface area contributed by atoms with Crippen LogP contribution in [0.3, 0.4) is 0 Å². The monoisotopic (exact) mass is 373 g/mol. The highest BCUT2D eigenvalue weighted by atomic mass is 15.3. The van der Waals surface area contributed by atoms with Crippen LogP contribution >= 0.6 is 0 Å². The number of aromatic nitrogens is 7. The minimum atomic E-state index is 0.0343. The first-order valence-corrected chi connectivity index (χ1v) is 9.21. The second kappa shape index (κ2) is 5.99. The number of nitriles is 1. The zero-order valence-electron chi connectivity index (χ0n) is 15.6. The summed E-state index contributed by atoms with van der Waals surface area (Å²) in [7, 11) is 0. The van der Waals surface area contributed by atoms with E-state index in [1.807, 2.05) is 18.3 Å². The van der Waals surface area contributed by atoms with Crippen molar-refractivity contribution in [3.63, 3.8) is 0 Å². The SMILES string of the molecule is CC1(C)C[C@H](Nc2cnc(C#N)cn2)C[C@@H]1c1nnc2cnc3[nH]ccc3n12. The summed E-state index contributed by atoms with van der Waals surface area (Å²) in [6, 6.07) is 4.23. The molecule has 2 N–H and O–H groups in total. The number of nitrogens with zero attached hydrogens (tertiary/aromatic N) is 7. The van der Waals surface area contributed by atoms with Gasteiger partial charge in [0.1, 0.15) is 17.7 Å². The number of nitrogens with one attached hydrogen (secondary N) is 2. The van der Waals surface area contributed by atoms with Gasteiger partial charge in [0.25, 0.3) is 0 Å². The van der Waals surface area contributed by atoms with E-state index in [0.717, 1.165) is 35.5 Å². The maximum Gasteiger partial charge on any atom is 0.179 e. The van der Waals surface area contributed by atoms with Gasteiger partial charge in [-0.15, -0.1) is 10.2 Å². The number of hydrogen-bond acceptors (Lipinski definition) is 7. The normalized spacial score (nSPS) is 21.2. The van der Waals surface area contributed by atoms with Crippen LogP contribution in [-0.2, 0) is 0 Å². The summed E-state index contributed by atoms with van der Waals surface area (Å²) >= 11 is 0. The van der Waals surface area contributed by atoms with E-state index < -0.39 is 0 Å². The third kappa shape index (κ3) is 2.57. The van der Waals surface area contributed by atoms with Gasteiger partial charge in [-0.25, -0.2) is 15.0 Å². The van der Waals surface area contributed by atoms with Gasteiger partial charge in [-0.1, -0.05) is 13.8 Å². The lowest BCUT2D eigenvalue weighted by Crippen LogP contribution is -2.19. The number of anilines is 1. The number of fused-ring (bicyclic) bond motifs is 3. The molecule has 9 nitrogen and oxygen atoms in total. The van der Waals surface area contributed by atoms with Crippen LogP contribution in [0.4, 0.5) is 5.82 Å². The molecular formula is C19H19N9. The standard InChI is InChI=1S/C19H19N9/c1-19(2)6-11(25-15-9-22-12(7-20)8-23-15)5-13(19)18-27-26-16-10-24-17-14(28(16)18)3-4-21-17/h3-4,8-11,13,21H,5-6H2,1-2H3,(H,23,25)/t11-,13-/m1/s1. The Hall–Kier alpha value is -3.54. The third-order valence-electron chi connectivity index (χ3n) is 5.63. The summed E-state index contributed by atoms with van der Waals surface area (Å²) in [6.45, 7) is 4.53. The van der Waals surface area contributed by atoms with Crippen LogP contribution < -0.4 is 5.32 Å². The average molecular weight is 373 g/mol. The zero-order valence-corrected chi connectivity index (χ0v) is 15.6. The van der Waals surface area contributed by atoms with Crippen LogP contribution in [-0.4, -0.2) is 40.6 Å². The van der Waals surface area contributed by atoms with Crippen molar-refractivity contribution in [2.75, 3.05) is 5.32 Å². The van der Waals surface area contributed by atoms with Gasteiger partial charge >= 0.3 is 0 Å². The van der Waals surface area contributed by atoms with Crippen LogP contribution in [0.25, 0.3) is 16.8 Å². The van der Waals surface area contributed by atoms with Gasteiger partial charge in [0.2, 0.25) is 0 Å². The highest BCUT2D eigenvalue weighted by molar-refractivity contribution is 5.74. The van der Waals surface area contributed by atoms with E-state index in [1.165, 1.54) is 6.20 Å². The molecule has 1 fully saturated rings. The molecule has 4 heterocycles. The molecule has 140 valence electrons. The van der Waals surface area contributed by atoms with Crippen molar-refractivity contribution in [2.24, 2.45) is 5.41 Å². The molecule has 1 aliphatic carbocycles. The molecule has 0 unspecified atom stereocenters. The molecule has 5 rings (SSSR count). The van der Waals surface area contributed by atoms with Crippen molar-refractivity contribution in [3.05, 3.63) is 42.4 Å². The third-order valence-corrected chi connectivity index (χ3v) is 5.63. The first-order chi connectivity index (χ1) is 13.5. The van der Waals surface area contributed by atoms with Gasteiger partial charge in [-0.2, -0.15) is 5.26 Å². The molecule has 0 spiro atoms. The smallest absolute Gasteiger partial charge is 0.179 e. The Morgan fingerprint density at radius 2 is 2.11 bits per heavy atom. The summed E-state index contributed by atoms with van der Waals surface area (Å²) in [5.41, 5.74) is 2.92. The fraction of sp³-hybridized carbons (Fsp3) is 0.368. The fourth-order valence-electron chi connectivity index (χ4n) is 4.32. The second-order valence-electron chi connectivity index (χ2n) is 7.94. The lowest BCUT2D eigenvalue weighted by molar-refractivity contribution is 0.320. The molecule has 28 heavy (non-hydrogen) atoms. The molecule has 4 aromatic rings. The molecule has 0 aromatic carbocycles. The quantitative estimate of drug-likeness (QED) is 0.566. The lowest BCUT2D eigenvalue weighted by Gasteiger charge is -2.25. The number of hydrogen-bond donors (Lipinski definition) is 2. The molecular weight excluding hydrogens is 354 g/mol. The Kier molecular flexibility index (Phi) is 3.55. The van der Waals surface area contributed by atoms with Crippen LogP contribution in [0.1, 0.15) is 44.1 Å². The summed E-state index contributed by atoms with van der Waals surface area (Å²) in [6.07, 6.45) is 8.61. The Balaban J connectivity index is 1.48. The first-order valence-electron chi connectivity index (χ1n) is 9.21. The van der Waals surface area contributed by atoms with Gasteiger partial charge in [0, 0.05) is 18.2 Å². The van der Waals surface area contributed by atoms with Crippen molar-refractivity contribution in [1.29, 1.82) is 5.26 Å². The van der Waals surface area contributed by atoms with Gasteiger partial charge < -0.3 is 10.3 Å². The lowest BCUT2D eigenvalue weighted by atomic mass is 9.81. The van der Waals surface area contributed by atoms with Gasteiger partial charge in [0.15, 0.2) is 17.0 Å². The van der Waals surface area contributed by atoms with Gasteiger partial charge in [-0.3, -0.25) is 4.40 Å². The topological polar surface area (TPSA) is 120 Å². The molecule has 0 aliphatic heterocycles. The highest BCUT2D eigenvalue weighted by Gasteiger charge is 2.44. The van der Waals surface area contributed by atoms with Crippen molar-refractivity contribution >= 4 is 22.6 Å². The summed E-state index contributed by atoms with van der Waals surface area (Å²) in [5, 5.41) is 21.2. The van der Waals surface area contributed by atoms with Crippen LogP contribution in [0.2, 0.25) is 0 Å². The molecule has 0 radical (unpaired) electrons. The maximum absolute atomic E-state index is 8.87. The maximum atomic E-state index is 8.87. The molecule has 1 saturated carbocycles. The average Bonchev–Trinajstić information content (AvgIpc) is 3.38. The van der Waals surface area contributed by atoms with Crippen LogP contribution in [0, 0.1) is 16.7 Å². The van der Waals surface area contributed by atoms with Crippen LogP contribution in [0.5, 0.6) is 0 Å². The Morgan fingerprint density at radius 3 is 2.89 bits per heavy atom. The molecule has 2 atom stereocenters. The first kappa shape index (κ1) is 16.6. The van der Waals surface area contributed by atoms with E-state index in [2.05, 4.69) is 53.7 Å². The van der Waals surface area contributed by atoms with Gasteiger partial charge in [-0.05, 0) is 24.3 Å². The Morgan fingerprint density at radius 1 is 1.21 bits per heavy atom. The minimum Gasteiger partial charge on any atom is -0.366 e. The highest BCUT2D eigenvalue weighted by Crippen LogP contribution is 2.49. The van der Waals surface area contributed by atoms with Crippen LogP contribution in [0.15, 0.2) is 30.9 Å². The number of H-pyrrole nitrogens is 1. The Bertz CT molecular complexity index is 1200. The molecule has 0 amide bonds. The van der Waals surface area contributed by atoms with Crippen molar-refractivity contribution in [1.82, 2.24) is 34.5 Å². The molecule has 1 aliphatic rings. The number of aromatic amines is 1. The van der Waals surface area contributed by atoms with Crippen molar-refractivity contribution in [3.8, 4) is 6.07 Å². The number of rotatable bonds is 3. The molecule has 4 aromatic heterocycles. The van der Waals surface area contributed by atoms with E-state index >= 15 is 0 Å². The van der Waals surface area contributed by atoms with E-state index in [4.69, 9.17) is 5.26 Å². The van der Waals surface area contributed by atoms with Crippen molar-refractivity contribution in [2.45, 2.75) is 38.6 Å². The van der Waals surface area contributed by atoms with E-state index in [-0.39, 0.29) is 17.4 Å². The summed E-state index contributed by atoms with van der Waals surface area (Å²) in [5.74, 6) is 1.87. The largest absolute Gasteiger partial charge is 0.366 e. The zero-order chi connectivity index (χ0) is 19.3. The minimum absolute atomic E-state index is 0.0343. The van der Waals surface area contributed by atoms with Gasteiger partial charge in [0.05, 0.1) is 24.1 Å². The summed E-state index contributed by atoms with van der Waals surface area (Å²) in [4.78, 5) is 15.9. The fourth-order valence-corrected chi connectivity index (χ4v) is 4.32. The molecule has 0 saturated heterocycles. The van der Waals surface area contributed by atoms with E-state index in [0.29, 0.717) is 11.5 Å². The summed E-state index contributed by atoms with van der Waals surface area (Å²) < 4.78 is 2.11. The van der Waals surface area contributed by atoms with Crippen molar-refractivity contribution < 1.29 is 0 Å². The Labute approximate surface area is 160 Å².